The largest absolute Gasteiger partial charge is 0.494 e. The van der Waals surface area contributed by atoms with Crippen molar-refractivity contribution in [3.05, 3.63) is 52.1 Å². The van der Waals surface area contributed by atoms with Gasteiger partial charge in [-0.3, -0.25) is 15.0 Å². The number of carboxylic acids is 1. The lowest BCUT2D eigenvalue weighted by Gasteiger charge is -2.29. The van der Waals surface area contributed by atoms with E-state index >= 15 is 0 Å². The van der Waals surface area contributed by atoms with E-state index in [2.05, 4.69) is 31.0 Å². The summed E-state index contributed by atoms with van der Waals surface area (Å²) < 4.78 is 17.5. The Morgan fingerprint density at radius 1 is 1.16 bits per heavy atom. The van der Waals surface area contributed by atoms with Crippen LogP contribution in [0.5, 0.6) is 11.5 Å². The molecule has 0 radical (unpaired) electrons. The van der Waals surface area contributed by atoms with Crippen LogP contribution in [0.25, 0.3) is 0 Å². The monoisotopic (exact) mass is 688 g/mol. The van der Waals surface area contributed by atoms with Crippen molar-refractivity contribution in [3.63, 3.8) is 0 Å². The minimum atomic E-state index is -0.972. The van der Waals surface area contributed by atoms with E-state index in [1.165, 1.54) is 0 Å². The summed E-state index contributed by atoms with van der Waals surface area (Å²) in [4.78, 5) is 41.7. The number of Topliss-reactive ketones (excluding diaryl/α,β-unsaturated/α-hetero) is 1. The first-order chi connectivity index (χ1) is 20.8. The Morgan fingerprint density at radius 2 is 1.87 bits per heavy atom. The molecular formula is C33H45BrN4O7. The Hall–Kier alpha value is -3.64. The van der Waals surface area contributed by atoms with Gasteiger partial charge in [0.05, 0.1) is 37.6 Å². The lowest BCUT2D eigenvalue weighted by molar-refractivity contribution is -0.153. The number of nitrogens with zero attached hydrogens (tertiary/aromatic N) is 2. The number of methoxy groups -OCH3 is 1. The number of halogens is 1. The number of benzene rings is 2. The van der Waals surface area contributed by atoms with E-state index in [4.69, 9.17) is 19.6 Å². The average molecular weight is 690 g/mol. The van der Waals surface area contributed by atoms with Crippen LogP contribution < -0.4 is 19.7 Å². The van der Waals surface area contributed by atoms with Gasteiger partial charge >= 0.3 is 5.97 Å². The molecule has 12 heteroatoms. The van der Waals surface area contributed by atoms with Crippen molar-refractivity contribution in [2.75, 3.05) is 45.3 Å². The number of ether oxygens (including phenoxy) is 3. The van der Waals surface area contributed by atoms with Crippen molar-refractivity contribution in [1.29, 1.82) is 5.41 Å². The molecule has 1 fully saturated rings. The highest BCUT2D eigenvalue weighted by atomic mass is 79.9. The predicted octanol–water partition coefficient (Wildman–Crippen LogP) is 4.81. The maximum absolute atomic E-state index is 13.9. The van der Waals surface area contributed by atoms with Gasteiger partial charge in [0.15, 0.2) is 11.9 Å². The number of fused-ring (bicyclic) bond motifs is 1. The van der Waals surface area contributed by atoms with Crippen LogP contribution in [-0.4, -0.2) is 86.1 Å². The number of hydrogen-bond acceptors (Lipinski definition) is 8. The molecule has 0 aromatic heterocycles. The molecule has 3 N–H and O–H groups in total. The summed E-state index contributed by atoms with van der Waals surface area (Å²) in [6.07, 6.45) is -0.0937. The Labute approximate surface area is 275 Å². The smallest absolute Gasteiger partial charge is 0.332 e. The molecule has 246 valence electrons. The normalized spacial score (nSPS) is 16.6. The minimum absolute atomic E-state index is 0. The fraction of sp³-hybridized carbons (Fsp3) is 0.515. The van der Waals surface area contributed by atoms with Crippen LogP contribution in [0.4, 0.5) is 5.69 Å². The van der Waals surface area contributed by atoms with Gasteiger partial charge in [-0.05, 0) is 55.0 Å². The maximum Gasteiger partial charge on any atom is 0.332 e. The van der Waals surface area contributed by atoms with Crippen molar-refractivity contribution in [3.8, 4) is 11.5 Å². The topological polar surface area (TPSA) is 141 Å². The highest BCUT2D eigenvalue weighted by Gasteiger charge is 2.34. The number of carbonyl (C=O) groups is 3. The van der Waals surface area contributed by atoms with E-state index in [9.17, 15) is 19.5 Å². The van der Waals surface area contributed by atoms with Gasteiger partial charge in [0.2, 0.25) is 0 Å². The van der Waals surface area contributed by atoms with Crippen molar-refractivity contribution in [2.24, 2.45) is 0 Å². The van der Waals surface area contributed by atoms with Gasteiger partial charge in [-0.1, -0.05) is 27.7 Å². The molecule has 45 heavy (non-hydrogen) atoms. The number of amidine groups is 1. The van der Waals surface area contributed by atoms with Gasteiger partial charge in [0, 0.05) is 43.4 Å². The second-order valence-corrected chi connectivity index (χ2v) is 12.2. The van der Waals surface area contributed by atoms with Gasteiger partial charge < -0.3 is 34.4 Å². The van der Waals surface area contributed by atoms with Gasteiger partial charge in [-0.15, -0.1) is 17.0 Å². The van der Waals surface area contributed by atoms with Gasteiger partial charge in [-0.2, -0.15) is 0 Å². The zero-order valence-electron chi connectivity index (χ0n) is 27.1. The Balaban J connectivity index is 0.00000552. The van der Waals surface area contributed by atoms with Crippen LogP contribution in [0.15, 0.2) is 24.3 Å². The molecule has 2 aromatic rings. The Kier molecular flexibility index (Phi) is 11.7. The second kappa shape index (κ2) is 14.6. The number of hydrogen-bond donors (Lipinski definition) is 3. The average Bonchev–Trinajstić information content (AvgIpc) is 3.57. The standard InChI is InChI=1S/C33H44N4O7.BrH/c1-8-27(32(40)41)44-21-10-11-36(17-21)25-13-19(12-24(29(25)42-7)33(3,4)5)26(38)18-37-16-20-14-28(43-9-2)23(31(39)35-6)15-22(20)30(37)34;/h12-15,21,27,34H,8-11,16-18H2,1-7H3,(H,35,39)(H,40,41);1H. The number of rotatable bonds is 12. The number of amides is 1. The molecule has 2 atom stereocenters. The third-order valence-corrected chi connectivity index (χ3v) is 8.14. The first kappa shape index (κ1) is 35.8. The number of aliphatic carboxylic acids is 1. The number of carboxylic acid groups (broad SMARTS) is 1. The van der Waals surface area contributed by atoms with E-state index in [1.807, 2.05) is 19.1 Å². The minimum Gasteiger partial charge on any atom is -0.494 e. The zero-order valence-corrected chi connectivity index (χ0v) is 28.8. The van der Waals surface area contributed by atoms with E-state index < -0.39 is 12.1 Å². The molecule has 0 aliphatic carbocycles. The van der Waals surface area contributed by atoms with Crippen molar-refractivity contribution in [1.82, 2.24) is 10.2 Å². The third-order valence-electron chi connectivity index (χ3n) is 8.14. The summed E-state index contributed by atoms with van der Waals surface area (Å²) in [5.41, 5.74) is 3.55. The van der Waals surface area contributed by atoms with Crippen LogP contribution in [-0.2, 0) is 21.5 Å². The van der Waals surface area contributed by atoms with Crippen molar-refractivity contribution in [2.45, 2.75) is 71.6 Å². The molecule has 0 spiro atoms. The van der Waals surface area contributed by atoms with Crippen LogP contribution in [0, 0.1) is 5.41 Å². The molecule has 2 aromatic carbocycles. The summed E-state index contributed by atoms with van der Waals surface area (Å²) in [7, 11) is 3.16. The number of ketones is 1. The summed E-state index contributed by atoms with van der Waals surface area (Å²) in [5, 5.41) is 20.9. The molecular weight excluding hydrogens is 644 g/mol. The first-order valence-corrected chi connectivity index (χ1v) is 15.1. The summed E-state index contributed by atoms with van der Waals surface area (Å²) in [5.74, 6) is -0.136. The fourth-order valence-electron chi connectivity index (χ4n) is 5.82. The second-order valence-electron chi connectivity index (χ2n) is 12.2. The molecule has 1 saturated heterocycles. The fourth-order valence-corrected chi connectivity index (χ4v) is 5.82. The van der Waals surface area contributed by atoms with E-state index in [0.29, 0.717) is 67.3 Å². The Morgan fingerprint density at radius 3 is 2.44 bits per heavy atom. The molecule has 0 bridgehead atoms. The van der Waals surface area contributed by atoms with Gasteiger partial charge in [0.1, 0.15) is 17.3 Å². The van der Waals surface area contributed by atoms with Crippen molar-refractivity contribution < 1.29 is 33.7 Å². The van der Waals surface area contributed by atoms with Gasteiger partial charge in [-0.25, -0.2) is 4.79 Å². The molecule has 2 aliphatic rings. The van der Waals surface area contributed by atoms with E-state index in [1.54, 1.807) is 38.1 Å². The number of anilines is 1. The summed E-state index contributed by atoms with van der Waals surface area (Å²) >= 11 is 0. The lowest BCUT2D eigenvalue weighted by Crippen LogP contribution is -2.32. The van der Waals surface area contributed by atoms with Crippen LogP contribution in [0.1, 0.15) is 84.9 Å². The first-order valence-electron chi connectivity index (χ1n) is 15.1. The number of carbonyl (C=O) groups excluding carboxylic acids is 2. The predicted molar refractivity (Wildman–Crippen MR) is 178 cm³/mol. The molecule has 11 nitrogen and oxygen atoms in total. The third kappa shape index (κ3) is 7.61. The van der Waals surface area contributed by atoms with E-state index in [-0.39, 0.29) is 52.6 Å². The van der Waals surface area contributed by atoms with Crippen LogP contribution in [0.3, 0.4) is 0 Å². The molecule has 2 unspecified atom stereocenters. The van der Waals surface area contributed by atoms with Crippen LogP contribution >= 0.6 is 17.0 Å². The molecule has 2 aliphatic heterocycles. The highest BCUT2D eigenvalue weighted by Crippen LogP contribution is 2.42. The Bertz CT molecular complexity index is 1460. The summed E-state index contributed by atoms with van der Waals surface area (Å²) in [6, 6.07) is 7.15. The SMILES string of the molecule is Br.CCOc1cc2c(cc1C(=O)NC)C(=N)N(CC(=O)c1cc(N3CCC(OC(CC)C(=O)O)C3)c(OC)c(C(C)(C)C)c1)C2. The molecule has 1 amide bonds. The highest BCUT2D eigenvalue weighted by molar-refractivity contribution is 8.93. The molecule has 4 rings (SSSR count). The van der Waals surface area contributed by atoms with E-state index in [0.717, 1.165) is 16.8 Å². The van der Waals surface area contributed by atoms with Crippen LogP contribution in [0.2, 0.25) is 0 Å². The molecule has 0 saturated carbocycles. The lowest BCUT2D eigenvalue weighted by atomic mass is 9.84. The summed E-state index contributed by atoms with van der Waals surface area (Å²) in [6.45, 7) is 11.6. The molecule has 2 heterocycles. The quantitative estimate of drug-likeness (QED) is 0.268. The van der Waals surface area contributed by atoms with Crippen molar-refractivity contribution >= 4 is 46.2 Å². The number of nitrogens with one attached hydrogen (secondary N) is 2. The zero-order chi connectivity index (χ0) is 32.3. The van der Waals surface area contributed by atoms with Gasteiger partial charge in [0.25, 0.3) is 5.91 Å². The maximum atomic E-state index is 13.9.